The van der Waals surface area contributed by atoms with Crippen LogP contribution in [-0.2, 0) is 17.8 Å². The fourth-order valence-electron chi connectivity index (χ4n) is 3.52. The molecule has 0 saturated heterocycles. The van der Waals surface area contributed by atoms with Gasteiger partial charge in [-0.3, -0.25) is 9.78 Å². The van der Waals surface area contributed by atoms with Crippen LogP contribution in [0.15, 0.2) is 18.6 Å². The van der Waals surface area contributed by atoms with Crippen LogP contribution in [0, 0.1) is 19.8 Å². The highest BCUT2D eigenvalue weighted by Crippen LogP contribution is 2.32. The third kappa shape index (κ3) is 2.81. The zero-order valence-electron chi connectivity index (χ0n) is 15.3. The average Bonchev–Trinajstić information content (AvgIpc) is 3.42. The zero-order chi connectivity index (χ0) is 18.5. The smallest absolute Gasteiger partial charge is 0.314 e. The molecule has 8 heteroatoms. The van der Waals surface area contributed by atoms with Gasteiger partial charge in [0.15, 0.2) is 11.5 Å². The van der Waals surface area contributed by atoms with Gasteiger partial charge < -0.3 is 9.64 Å². The zero-order valence-corrected chi connectivity index (χ0v) is 15.3. The Morgan fingerprint density at radius 2 is 2.11 bits per heavy atom. The van der Waals surface area contributed by atoms with E-state index in [4.69, 9.17) is 9.84 Å². The summed E-state index contributed by atoms with van der Waals surface area (Å²) >= 11 is 0. The molecule has 1 aliphatic carbocycles. The van der Waals surface area contributed by atoms with E-state index >= 15 is 0 Å². The van der Waals surface area contributed by atoms with Crippen LogP contribution in [0.1, 0.15) is 35.2 Å². The van der Waals surface area contributed by atoms with E-state index in [2.05, 4.69) is 27.0 Å². The van der Waals surface area contributed by atoms with Gasteiger partial charge in [-0.05, 0) is 38.3 Å². The van der Waals surface area contributed by atoms with Crippen LogP contribution in [0.3, 0.4) is 0 Å². The van der Waals surface area contributed by atoms with Gasteiger partial charge in [-0.1, -0.05) is 0 Å². The van der Waals surface area contributed by atoms with Gasteiger partial charge >= 0.3 is 5.97 Å². The van der Waals surface area contributed by atoms with Crippen molar-refractivity contribution in [3.63, 3.8) is 0 Å². The maximum absolute atomic E-state index is 11.9. The van der Waals surface area contributed by atoms with Crippen molar-refractivity contribution in [1.82, 2.24) is 24.8 Å². The van der Waals surface area contributed by atoms with Crippen molar-refractivity contribution in [3.05, 3.63) is 41.0 Å². The fourth-order valence-corrected chi connectivity index (χ4v) is 3.52. The van der Waals surface area contributed by atoms with Crippen LogP contribution in [-0.4, -0.2) is 37.3 Å². The third-order valence-corrected chi connectivity index (χ3v) is 5.41. The van der Waals surface area contributed by atoms with Gasteiger partial charge in [-0.15, -0.1) is 15.3 Å². The number of nitrogens with zero attached hydrogens (tertiary/aromatic N) is 6. The van der Waals surface area contributed by atoms with E-state index in [0.717, 1.165) is 59.7 Å². The molecular formula is C19H20N6O2. The summed E-state index contributed by atoms with van der Waals surface area (Å²) in [5.41, 5.74) is 5.09. The van der Waals surface area contributed by atoms with Gasteiger partial charge in [0.25, 0.3) is 0 Å². The molecule has 0 aromatic carbocycles. The number of ether oxygens (including phenoxy) is 1. The lowest BCUT2D eigenvalue weighted by molar-refractivity contribution is -0.135. The summed E-state index contributed by atoms with van der Waals surface area (Å²) in [6.45, 7) is 5.62. The fraction of sp³-hybridized carbons (Fsp3) is 0.421. The lowest BCUT2D eigenvalue weighted by Gasteiger charge is -2.30. The quantitative estimate of drug-likeness (QED) is 0.657. The van der Waals surface area contributed by atoms with Crippen LogP contribution in [0.25, 0.3) is 5.65 Å². The Hall–Kier alpha value is -3.03. The summed E-state index contributed by atoms with van der Waals surface area (Å²) in [6, 6.07) is 1.94. The number of fused-ring (bicyclic) bond motifs is 2. The lowest BCUT2D eigenvalue weighted by atomic mass is 10.0. The highest BCUT2D eigenvalue weighted by atomic mass is 16.5. The predicted molar refractivity (Wildman–Crippen MR) is 97.6 cm³/mol. The van der Waals surface area contributed by atoms with E-state index < -0.39 is 0 Å². The van der Waals surface area contributed by atoms with Crippen molar-refractivity contribution < 1.29 is 9.53 Å². The summed E-state index contributed by atoms with van der Waals surface area (Å²) in [5.74, 6) is 1.38. The summed E-state index contributed by atoms with van der Waals surface area (Å²) in [7, 11) is 0. The van der Waals surface area contributed by atoms with Crippen LogP contribution >= 0.6 is 0 Å². The molecule has 0 unspecified atom stereocenters. The minimum absolute atomic E-state index is 0.0721. The largest absolute Gasteiger partial charge is 0.425 e. The van der Waals surface area contributed by atoms with E-state index in [1.807, 2.05) is 13.0 Å². The number of pyridine rings is 1. The molecule has 3 aromatic rings. The summed E-state index contributed by atoms with van der Waals surface area (Å²) in [5, 5.41) is 12.8. The van der Waals surface area contributed by atoms with Gasteiger partial charge in [0.05, 0.1) is 12.1 Å². The summed E-state index contributed by atoms with van der Waals surface area (Å²) in [4.78, 5) is 18.7. The molecule has 5 rings (SSSR count). The Kier molecular flexibility index (Phi) is 3.60. The molecule has 8 nitrogen and oxygen atoms in total. The number of anilines is 1. The van der Waals surface area contributed by atoms with E-state index in [-0.39, 0.29) is 11.9 Å². The van der Waals surface area contributed by atoms with Crippen molar-refractivity contribution in [2.24, 2.45) is 5.92 Å². The third-order valence-electron chi connectivity index (χ3n) is 5.41. The number of hydrogen-bond acceptors (Lipinski definition) is 7. The van der Waals surface area contributed by atoms with Gasteiger partial charge in [0.2, 0.25) is 0 Å². The SMILES string of the molecule is Cc1c(N2CCc3ncc(OC(=O)C4CC4)cc3C2)nn2cnnc2c1C. The molecule has 3 aromatic heterocycles. The normalized spacial score (nSPS) is 16.4. The van der Waals surface area contributed by atoms with Crippen LogP contribution in [0.5, 0.6) is 5.75 Å². The van der Waals surface area contributed by atoms with Gasteiger partial charge in [-0.25, -0.2) is 0 Å². The second-order valence-corrected chi connectivity index (χ2v) is 7.32. The Morgan fingerprint density at radius 3 is 2.93 bits per heavy atom. The number of carbonyl (C=O) groups is 1. The van der Waals surface area contributed by atoms with Gasteiger partial charge in [0.1, 0.15) is 12.1 Å². The molecule has 27 heavy (non-hydrogen) atoms. The molecule has 138 valence electrons. The maximum atomic E-state index is 11.9. The summed E-state index contributed by atoms with van der Waals surface area (Å²) in [6.07, 6.45) is 5.97. The first kappa shape index (κ1) is 16.2. The molecule has 1 saturated carbocycles. The lowest BCUT2D eigenvalue weighted by Crippen LogP contribution is -2.33. The van der Waals surface area contributed by atoms with Crippen molar-refractivity contribution in [1.29, 1.82) is 0 Å². The van der Waals surface area contributed by atoms with Gasteiger partial charge in [-0.2, -0.15) is 4.52 Å². The number of rotatable bonds is 3. The second-order valence-electron chi connectivity index (χ2n) is 7.32. The first-order valence-corrected chi connectivity index (χ1v) is 9.22. The number of carbonyl (C=O) groups excluding carboxylic acids is 1. The number of aromatic nitrogens is 5. The standard InChI is InChI=1S/C19H20N6O2/c1-11-12(2)18(23-25-10-21-22-17(11)25)24-6-5-16-14(9-24)7-15(8-20-16)27-19(26)13-3-4-13/h7-8,10,13H,3-6,9H2,1-2H3. The van der Waals surface area contributed by atoms with Crippen LogP contribution in [0.4, 0.5) is 5.82 Å². The molecule has 1 aliphatic heterocycles. The first-order chi connectivity index (χ1) is 13.1. The molecular weight excluding hydrogens is 344 g/mol. The number of hydrogen-bond donors (Lipinski definition) is 0. The van der Waals surface area contributed by atoms with Crippen molar-refractivity contribution >= 4 is 17.4 Å². The van der Waals surface area contributed by atoms with E-state index in [1.54, 1.807) is 17.0 Å². The predicted octanol–water partition coefficient (Wildman–Crippen LogP) is 2.01. The van der Waals surface area contributed by atoms with Crippen molar-refractivity contribution in [2.45, 2.75) is 39.7 Å². The minimum atomic E-state index is -0.143. The highest BCUT2D eigenvalue weighted by Gasteiger charge is 2.32. The second kappa shape index (κ2) is 6.00. The molecule has 0 spiro atoms. The molecule has 0 radical (unpaired) electrons. The van der Waals surface area contributed by atoms with E-state index in [9.17, 15) is 4.79 Å². The van der Waals surface area contributed by atoms with Crippen LogP contribution in [0.2, 0.25) is 0 Å². The summed E-state index contributed by atoms with van der Waals surface area (Å²) < 4.78 is 7.20. The number of aryl methyl sites for hydroxylation is 1. The average molecular weight is 364 g/mol. The topological polar surface area (TPSA) is 85.5 Å². The van der Waals surface area contributed by atoms with Crippen molar-refractivity contribution in [2.75, 3.05) is 11.4 Å². The van der Waals surface area contributed by atoms with Crippen molar-refractivity contribution in [3.8, 4) is 5.75 Å². The molecule has 0 bridgehead atoms. The van der Waals surface area contributed by atoms with Gasteiger partial charge in [0, 0.05) is 36.3 Å². The number of esters is 1. The first-order valence-electron chi connectivity index (χ1n) is 9.22. The Labute approximate surface area is 156 Å². The Morgan fingerprint density at radius 1 is 1.26 bits per heavy atom. The Bertz CT molecular complexity index is 1060. The molecule has 0 atom stereocenters. The van der Waals surface area contributed by atoms with E-state index in [0.29, 0.717) is 12.3 Å². The minimum Gasteiger partial charge on any atom is -0.425 e. The highest BCUT2D eigenvalue weighted by molar-refractivity contribution is 5.77. The van der Waals surface area contributed by atoms with E-state index in [1.165, 1.54) is 0 Å². The molecule has 1 fully saturated rings. The monoisotopic (exact) mass is 364 g/mol. The molecule has 0 N–H and O–H groups in total. The maximum Gasteiger partial charge on any atom is 0.314 e. The van der Waals surface area contributed by atoms with Crippen LogP contribution < -0.4 is 9.64 Å². The Balaban J connectivity index is 1.45. The molecule has 4 heterocycles. The molecule has 2 aliphatic rings. The molecule has 0 amide bonds.